The second-order valence-corrected chi connectivity index (χ2v) is 14.8. The van der Waals surface area contributed by atoms with Crippen molar-refractivity contribution in [1.29, 1.82) is 0 Å². The second-order valence-electron chi connectivity index (χ2n) is 9.19. The van der Waals surface area contributed by atoms with Gasteiger partial charge in [-0.3, -0.25) is 9.36 Å². The van der Waals surface area contributed by atoms with Gasteiger partial charge in [0.15, 0.2) is 11.2 Å². The lowest BCUT2D eigenvalue weighted by Crippen LogP contribution is -2.22. The summed E-state index contributed by atoms with van der Waals surface area (Å²) >= 11 is 0. The fourth-order valence-corrected chi connectivity index (χ4v) is 4.64. The van der Waals surface area contributed by atoms with E-state index in [0.29, 0.717) is 41.9 Å². The van der Waals surface area contributed by atoms with Crippen molar-refractivity contribution in [2.75, 3.05) is 6.61 Å². The highest BCUT2D eigenvalue weighted by Crippen LogP contribution is 2.59. The third-order valence-electron chi connectivity index (χ3n) is 5.65. The molecule has 3 unspecified atom stereocenters. The number of fused-ring (bicyclic) bond motifs is 4. The number of carboxylic acids is 1. The van der Waals surface area contributed by atoms with E-state index in [1.807, 2.05) is 10.6 Å². The van der Waals surface area contributed by atoms with Gasteiger partial charge in [-0.25, -0.2) is 9.97 Å². The lowest BCUT2D eigenvalue weighted by molar-refractivity contribution is -0.139. The SMILES string of the molecule is C[Si](C)(C)CCOCn1cnc2c(Oc3ccc4c(c3)C3C(O4)C3C(=O)O)ncnc21. The molecule has 10 heteroatoms. The summed E-state index contributed by atoms with van der Waals surface area (Å²) < 4.78 is 19.4. The van der Waals surface area contributed by atoms with Crippen molar-refractivity contribution < 1.29 is 24.1 Å². The van der Waals surface area contributed by atoms with Crippen LogP contribution < -0.4 is 9.47 Å². The van der Waals surface area contributed by atoms with Gasteiger partial charge in [0.1, 0.15) is 36.6 Å². The molecule has 9 nitrogen and oxygen atoms in total. The molecule has 1 N–H and O–H groups in total. The first-order valence-corrected chi connectivity index (χ1v) is 14.0. The maximum atomic E-state index is 11.3. The predicted octanol–water partition coefficient (Wildman–Crippen LogP) is 3.49. The highest BCUT2D eigenvalue weighted by Gasteiger charge is 2.63. The lowest BCUT2D eigenvalue weighted by Gasteiger charge is -2.15. The van der Waals surface area contributed by atoms with Gasteiger partial charge >= 0.3 is 5.97 Å². The molecule has 2 aliphatic rings. The summed E-state index contributed by atoms with van der Waals surface area (Å²) in [5.74, 6) is 0.181. The molecular formula is C21H24N4O5Si. The summed E-state index contributed by atoms with van der Waals surface area (Å²) in [5.41, 5.74) is 2.04. The van der Waals surface area contributed by atoms with Gasteiger partial charge in [0, 0.05) is 26.2 Å². The van der Waals surface area contributed by atoms with E-state index in [0.717, 1.165) is 11.6 Å². The normalized spacial score (nSPS) is 21.5. The quantitative estimate of drug-likeness (QED) is 0.419. The van der Waals surface area contributed by atoms with E-state index in [1.54, 1.807) is 18.5 Å². The zero-order valence-corrected chi connectivity index (χ0v) is 18.6. The van der Waals surface area contributed by atoms with Gasteiger partial charge in [-0.05, 0) is 24.2 Å². The number of hydrogen-bond donors (Lipinski definition) is 1. The first kappa shape index (κ1) is 19.9. The topological polar surface area (TPSA) is 109 Å². The molecule has 1 saturated carbocycles. The van der Waals surface area contributed by atoms with Gasteiger partial charge in [0.05, 0.1) is 6.33 Å². The van der Waals surface area contributed by atoms with Crippen molar-refractivity contribution in [2.24, 2.45) is 5.92 Å². The highest BCUT2D eigenvalue weighted by atomic mass is 28.3. The number of aliphatic carboxylic acids is 1. The van der Waals surface area contributed by atoms with Gasteiger partial charge in [0.25, 0.3) is 5.88 Å². The van der Waals surface area contributed by atoms with Gasteiger partial charge in [-0.1, -0.05) is 19.6 Å². The smallest absolute Gasteiger partial charge is 0.311 e. The second kappa shape index (κ2) is 7.31. The number of carboxylic acid groups (broad SMARTS) is 1. The summed E-state index contributed by atoms with van der Waals surface area (Å²) in [6.45, 7) is 8.02. The van der Waals surface area contributed by atoms with Crippen LogP contribution in [-0.4, -0.2) is 51.4 Å². The van der Waals surface area contributed by atoms with Crippen molar-refractivity contribution in [2.45, 2.75) is 44.4 Å². The molecule has 0 amide bonds. The minimum Gasteiger partial charge on any atom is -0.489 e. The van der Waals surface area contributed by atoms with Crippen LogP contribution in [0.4, 0.5) is 0 Å². The van der Waals surface area contributed by atoms with Gasteiger partial charge in [-0.2, -0.15) is 4.98 Å². The van der Waals surface area contributed by atoms with E-state index in [9.17, 15) is 9.90 Å². The fourth-order valence-electron chi connectivity index (χ4n) is 3.88. The first-order chi connectivity index (χ1) is 14.8. The molecular weight excluding hydrogens is 416 g/mol. The summed E-state index contributed by atoms with van der Waals surface area (Å²) in [7, 11) is -1.14. The minimum atomic E-state index is -1.14. The molecule has 0 saturated heterocycles. The molecule has 3 atom stereocenters. The fraction of sp³-hybridized carbons (Fsp3) is 0.429. The summed E-state index contributed by atoms with van der Waals surface area (Å²) in [5, 5.41) is 9.28. The molecule has 2 aromatic heterocycles. The van der Waals surface area contributed by atoms with Crippen molar-refractivity contribution in [1.82, 2.24) is 19.5 Å². The molecule has 162 valence electrons. The van der Waals surface area contributed by atoms with Crippen LogP contribution in [0.15, 0.2) is 30.9 Å². The van der Waals surface area contributed by atoms with E-state index in [-0.39, 0.29) is 12.0 Å². The number of benzene rings is 1. The summed E-state index contributed by atoms with van der Waals surface area (Å²) in [4.78, 5) is 24.3. The molecule has 31 heavy (non-hydrogen) atoms. The molecule has 0 radical (unpaired) electrons. The summed E-state index contributed by atoms with van der Waals surface area (Å²) in [6, 6.07) is 6.51. The van der Waals surface area contributed by atoms with Crippen LogP contribution in [0.25, 0.3) is 11.2 Å². The third-order valence-corrected chi connectivity index (χ3v) is 7.36. The Morgan fingerprint density at radius 2 is 2.10 bits per heavy atom. The van der Waals surface area contributed by atoms with Crippen LogP contribution in [0, 0.1) is 5.92 Å². The maximum absolute atomic E-state index is 11.3. The van der Waals surface area contributed by atoms with E-state index < -0.39 is 20.0 Å². The Bertz CT molecular complexity index is 1160. The van der Waals surface area contributed by atoms with Crippen molar-refractivity contribution >= 4 is 25.2 Å². The zero-order valence-electron chi connectivity index (χ0n) is 17.6. The minimum absolute atomic E-state index is 0.117. The zero-order chi connectivity index (χ0) is 21.8. The van der Waals surface area contributed by atoms with E-state index in [4.69, 9.17) is 14.2 Å². The van der Waals surface area contributed by atoms with Crippen molar-refractivity contribution in [3.05, 3.63) is 36.4 Å². The molecule has 0 bridgehead atoms. The molecule has 1 fully saturated rings. The number of aromatic nitrogens is 4. The Labute approximate surface area is 180 Å². The average Bonchev–Trinajstić information content (AvgIpc) is 3.08. The number of ether oxygens (including phenoxy) is 3. The highest BCUT2D eigenvalue weighted by molar-refractivity contribution is 6.76. The Hall–Kier alpha value is -2.98. The largest absolute Gasteiger partial charge is 0.489 e. The maximum Gasteiger partial charge on any atom is 0.311 e. The first-order valence-electron chi connectivity index (χ1n) is 10.3. The Morgan fingerprint density at radius 1 is 1.26 bits per heavy atom. The van der Waals surface area contributed by atoms with Crippen LogP contribution in [0.3, 0.4) is 0 Å². The van der Waals surface area contributed by atoms with Gasteiger partial charge < -0.3 is 19.3 Å². The molecule has 3 heterocycles. The van der Waals surface area contributed by atoms with Crippen molar-refractivity contribution in [3.8, 4) is 17.4 Å². The van der Waals surface area contributed by atoms with E-state index >= 15 is 0 Å². The monoisotopic (exact) mass is 440 g/mol. The lowest BCUT2D eigenvalue weighted by atomic mass is 10.1. The summed E-state index contributed by atoms with van der Waals surface area (Å²) in [6.07, 6.45) is 2.83. The molecule has 1 aliphatic heterocycles. The van der Waals surface area contributed by atoms with Crippen LogP contribution in [-0.2, 0) is 16.3 Å². The molecule has 1 aliphatic carbocycles. The van der Waals surface area contributed by atoms with Crippen molar-refractivity contribution in [3.63, 3.8) is 0 Å². The van der Waals surface area contributed by atoms with Crippen LogP contribution in [0.2, 0.25) is 25.7 Å². The number of rotatable bonds is 8. The third kappa shape index (κ3) is 3.76. The number of nitrogens with zero attached hydrogens (tertiary/aromatic N) is 4. The van der Waals surface area contributed by atoms with Crippen LogP contribution >= 0.6 is 0 Å². The molecule has 1 aromatic carbocycles. The van der Waals surface area contributed by atoms with E-state index in [1.165, 1.54) is 6.33 Å². The standard InChI is InChI=1S/C21H24N4O5Si/c1-31(2,3)7-6-28-11-25-10-24-17-19(25)22-9-23-20(17)29-12-4-5-14-13(8-12)15-16(21(26)27)18(15)30-14/h4-5,8-10,15-16,18H,6-7,11H2,1-3H3,(H,26,27). The number of carbonyl (C=O) groups is 1. The van der Waals surface area contributed by atoms with Crippen LogP contribution in [0.5, 0.6) is 17.4 Å². The van der Waals surface area contributed by atoms with E-state index in [2.05, 4.69) is 34.6 Å². The predicted molar refractivity (Wildman–Crippen MR) is 114 cm³/mol. The Morgan fingerprint density at radius 3 is 2.87 bits per heavy atom. The molecule has 5 rings (SSSR count). The van der Waals surface area contributed by atoms with Crippen LogP contribution in [0.1, 0.15) is 11.5 Å². The van der Waals surface area contributed by atoms with Gasteiger partial charge in [-0.15, -0.1) is 0 Å². The Balaban J connectivity index is 1.32. The molecule has 0 spiro atoms. The van der Waals surface area contributed by atoms with Gasteiger partial charge in [0.2, 0.25) is 0 Å². The molecule has 3 aromatic rings. The average molecular weight is 441 g/mol. The Kier molecular flexibility index (Phi) is 4.70. The number of hydrogen-bond acceptors (Lipinski definition) is 7. The number of imidazole rings is 1.